The number of aliphatic hydroxyl groups is 1. The number of aliphatic hydroxyl groups excluding tert-OH is 1. The number of para-hydroxylation sites is 1. The Morgan fingerprint density at radius 1 is 0.836 bits per heavy atom. The van der Waals surface area contributed by atoms with Crippen molar-refractivity contribution >= 4 is 49.2 Å². The minimum atomic E-state index is -3.96. The number of ether oxygens (including phenoxy) is 2. The van der Waals surface area contributed by atoms with Gasteiger partial charge in [-0.1, -0.05) is 127 Å². The van der Waals surface area contributed by atoms with Gasteiger partial charge in [-0.15, -0.1) is 11.3 Å². The first-order valence-electron chi connectivity index (χ1n) is 18.1. The molecule has 6 aromatic rings. The van der Waals surface area contributed by atoms with Crippen LogP contribution in [0.4, 0.5) is 0 Å². The Balaban J connectivity index is 1.05. The summed E-state index contributed by atoms with van der Waals surface area (Å²) in [7, 11) is -3.96. The van der Waals surface area contributed by atoms with Gasteiger partial charge in [0.1, 0.15) is 6.04 Å². The largest absolute Gasteiger partial charge is 0.392 e. The number of thioether (sulfide) groups is 1. The van der Waals surface area contributed by atoms with Crippen LogP contribution in [0, 0.1) is 12.8 Å². The number of hydrogen-bond donors (Lipinski definition) is 3. The van der Waals surface area contributed by atoms with E-state index in [0.29, 0.717) is 5.75 Å². The maximum atomic E-state index is 13.6. The van der Waals surface area contributed by atoms with Gasteiger partial charge in [0, 0.05) is 23.8 Å². The highest BCUT2D eigenvalue weighted by molar-refractivity contribution is 8.01. The molecule has 0 aliphatic carbocycles. The molecule has 9 nitrogen and oxygen atoms in total. The second-order valence-corrected chi connectivity index (χ2v) is 17.7. The van der Waals surface area contributed by atoms with Crippen LogP contribution in [0.1, 0.15) is 52.7 Å². The second kappa shape index (κ2) is 17.6. The lowest BCUT2D eigenvalue weighted by Crippen LogP contribution is -2.47. The van der Waals surface area contributed by atoms with Crippen molar-refractivity contribution in [3.8, 4) is 0 Å². The summed E-state index contributed by atoms with van der Waals surface area (Å²) in [6.07, 6.45) is -0.859. The topological polar surface area (TPSA) is 127 Å². The molecule has 2 heterocycles. The maximum absolute atomic E-state index is 13.6. The first kappa shape index (κ1) is 38.9. The van der Waals surface area contributed by atoms with Crippen LogP contribution in [0.25, 0.3) is 10.2 Å². The van der Waals surface area contributed by atoms with Gasteiger partial charge in [-0.2, -0.15) is 4.72 Å². The van der Waals surface area contributed by atoms with Gasteiger partial charge in [0.2, 0.25) is 15.9 Å². The minimum Gasteiger partial charge on any atom is -0.392 e. The van der Waals surface area contributed by atoms with Crippen LogP contribution in [0.5, 0.6) is 0 Å². The molecule has 7 rings (SSSR count). The van der Waals surface area contributed by atoms with Gasteiger partial charge in [-0.3, -0.25) is 4.79 Å². The third-order valence-corrected chi connectivity index (χ3v) is 13.5. The van der Waals surface area contributed by atoms with Gasteiger partial charge in [0.25, 0.3) is 0 Å². The molecule has 1 fully saturated rings. The lowest BCUT2D eigenvalue weighted by atomic mass is 9.91. The number of sulfonamides is 1. The Morgan fingerprint density at radius 3 is 2.22 bits per heavy atom. The first-order chi connectivity index (χ1) is 26.6. The van der Waals surface area contributed by atoms with E-state index >= 15 is 0 Å². The molecule has 1 aliphatic heterocycles. The summed E-state index contributed by atoms with van der Waals surface area (Å²) >= 11 is 3.36. The van der Waals surface area contributed by atoms with Crippen molar-refractivity contribution in [1.82, 2.24) is 15.0 Å². The lowest BCUT2D eigenvalue weighted by Gasteiger charge is -2.41. The van der Waals surface area contributed by atoms with Crippen molar-refractivity contribution in [1.29, 1.82) is 0 Å². The van der Waals surface area contributed by atoms with E-state index in [2.05, 4.69) is 23.0 Å². The number of rotatable bonds is 14. The highest BCUT2D eigenvalue weighted by Crippen LogP contribution is 2.43. The summed E-state index contributed by atoms with van der Waals surface area (Å²) in [5, 5.41) is 12.6. The molecule has 0 bridgehead atoms. The number of amides is 1. The standard InChI is InChI=1S/C43H43N3O6S3/c1-28-12-22-35(23-13-28)55(49,50)46-37(24-30-8-4-3-5-9-30)41(48)44-25-31-14-20-34(21-15-31)42-51-38(27-53-43-45-36-10-6-7-11-39(36)54-43)29(2)40(52-42)33-18-16-32(26-47)17-19-33/h3-23,29,37-38,40,42,46-47H,24-27H2,1-2H3,(H,44,48)/t29-,37+,38+,40+,42+/m0/s1. The summed E-state index contributed by atoms with van der Waals surface area (Å²) in [5.74, 6) is 0.286. The molecule has 1 amide bonds. The lowest BCUT2D eigenvalue weighted by molar-refractivity contribution is -0.268. The summed E-state index contributed by atoms with van der Waals surface area (Å²) in [4.78, 5) is 18.5. The first-order valence-corrected chi connectivity index (χ1v) is 21.4. The van der Waals surface area contributed by atoms with Crippen molar-refractivity contribution in [3.05, 3.63) is 161 Å². The normalized spacial score (nSPS) is 19.3. The van der Waals surface area contributed by atoms with Crippen molar-refractivity contribution in [2.45, 2.75) is 67.2 Å². The van der Waals surface area contributed by atoms with Gasteiger partial charge in [0.15, 0.2) is 10.6 Å². The number of aromatic nitrogens is 1. The third-order valence-electron chi connectivity index (χ3n) is 9.72. The van der Waals surface area contributed by atoms with E-state index in [1.54, 1.807) is 35.2 Å². The fraction of sp³-hybridized carbons (Fsp3) is 0.256. The van der Waals surface area contributed by atoms with Crippen LogP contribution in [0.3, 0.4) is 0 Å². The summed E-state index contributed by atoms with van der Waals surface area (Å²) in [6, 6.07) is 38.5. The fourth-order valence-electron chi connectivity index (χ4n) is 6.49. The Hall–Kier alpha value is -4.40. The number of fused-ring (bicyclic) bond motifs is 1. The van der Waals surface area contributed by atoms with Gasteiger partial charge in [-0.05, 0) is 59.9 Å². The third kappa shape index (κ3) is 9.71. The van der Waals surface area contributed by atoms with Gasteiger partial charge in [-0.25, -0.2) is 13.4 Å². The van der Waals surface area contributed by atoms with Crippen LogP contribution in [-0.4, -0.2) is 42.3 Å². The molecule has 1 saturated heterocycles. The van der Waals surface area contributed by atoms with E-state index in [1.807, 2.05) is 104 Å². The molecule has 5 atom stereocenters. The fourth-order valence-corrected chi connectivity index (χ4v) is 9.94. The molecule has 5 aromatic carbocycles. The number of nitrogens with zero attached hydrogens (tertiary/aromatic N) is 1. The molecular formula is C43H43N3O6S3. The molecule has 0 spiro atoms. The maximum Gasteiger partial charge on any atom is 0.241 e. The highest BCUT2D eigenvalue weighted by Gasteiger charge is 2.38. The molecule has 12 heteroatoms. The number of benzene rings is 5. The average Bonchev–Trinajstić information content (AvgIpc) is 3.63. The summed E-state index contributed by atoms with van der Waals surface area (Å²) in [5.41, 5.74) is 6.27. The molecule has 0 saturated carbocycles. The number of aryl methyl sites for hydroxylation is 1. The molecule has 1 aromatic heterocycles. The molecule has 0 radical (unpaired) electrons. The van der Waals surface area contributed by atoms with Gasteiger partial charge in [0.05, 0.1) is 33.9 Å². The Morgan fingerprint density at radius 2 is 1.51 bits per heavy atom. The van der Waals surface area contributed by atoms with Gasteiger partial charge >= 0.3 is 0 Å². The molecule has 3 N–H and O–H groups in total. The van der Waals surface area contributed by atoms with E-state index in [0.717, 1.165) is 47.9 Å². The van der Waals surface area contributed by atoms with Crippen LogP contribution in [0.15, 0.2) is 137 Å². The average molecular weight is 794 g/mol. The van der Waals surface area contributed by atoms with Crippen LogP contribution in [0.2, 0.25) is 0 Å². The van der Waals surface area contributed by atoms with Crippen LogP contribution < -0.4 is 10.0 Å². The second-order valence-electron chi connectivity index (χ2n) is 13.7. The quantitative estimate of drug-likeness (QED) is 0.0952. The molecular weight excluding hydrogens is 751 g/mol. The number of thiazole rings is 1. The zero-order valence-electron chi connectivity index (χ0n) is 30.5. The summed E-state index contributed by atoms with van der Waals surface area (Å²) in [6.45, 7) is 4.19. The van der Waals surface area contributed by atoms with Crippen LogP contribution in [-0.2, 0) is 43.9 Å². The van der Waals surface area contributed by atoms with Crippen molar-refractivity contribution in [2.24, 2.45) is 5.92 Å². The molecule has 284 valence electrons. The molecule has 55 heavy (non-hydrogen) atoms. The van der Waals surface area contributed by atoms with Crippen LogP contribution >= 0.6 is 23.1 Å². The molecule has 0 unspecified atom stereocenters. The number of carbonyl (C=O) groups is 1. The van der Waals surface area contributed by atoms with E-state index in [9.17, 15) is 18.3 Å². The van der Waals surface area contributed by atoms with Crippen molar-refractivity contribution < 1.29 is 27.8 Å². The van der Waals surface area contributed by atoms with E-state index in [4.69, 9.17) is 14.5 Å². The highest BCUT2D eigenvalue weighted by atomic mass is 32.2. The zero-order valence-corrected chi connectivity index (χ0v) is 32.9. The number of hydrogen-bond acceptors (Lipinski definition) is 9. The van der Waals surface area contributed by atoms with Crippen molar-refractivity contribution in [2.75, 3.05) is 5.75 Å². The minimum absolute atomic E-state index is 0.0276. The van der Waals surface area contributed by atoms with Crippen molar-refractivity contribution in [3.63, 3.8) is 0 Å². The molecule has 1 aliphatic rings. The van der Waals surface area contributed by atoms with Gasteiger partial charge < -0.3 is 19.9 Å². The number of nitrogens with one attached hydrogen (secondary N) is 2. The monoisotopic (exact) mass is 793 g/mol. The SMILES string of the molecule is Cc1ccc(S(=O)(=O)N[C@H](Cc2ccccc2)C(=O)NCc2ccc([C@@H]3O[C@H](CSc4nc5ccccc5s4)[C@H](C)[C@H](c4ccc(CO)cc4)O3)cc2)cc1. The van der Waals surface area contributed by atoms with E-state index < -0.39 is 28.3 Å². The predicted octanol–water partition coefficient (Wildman–Crippen LogP) is 7.89. The summed E-state index contributed by atoms with van der Waals surface area (Å²) < 4.78 is 44.7. The van der Waals surface area contributed by atoms with E-state index in [-0.39, 0.29) is 42.6 Å². The van der Waals surface area contributed by atoms with E-state index in [1.165, 1.54) is 12.1 Å². The number of carbonyl (C=O) groups excluding carboxylic acids is 1. The Labute approximate surface area is 330 Å². The smallest absolute Gasteiger partial charge is 0.241 e. The zero-order chi connectivity index (χ0) is 38.4. The Bertz CT molecular complexity index is 2270. The Kier molecular flexibility index (Phi) is 12.4. The predicted molar refractivity (Wildman–Crippen MR) is 217 cm³/mol.